The van der Waals surface area contributed by atoms with E-state index in [-0.39, 0.29) is 28.8 Å². The molecular weight excluding hydrogens is 322 g/mol. The lowest BCUT2D eigenvalue weighted by Crippen LogP contribution is -2.24. The normalized spacial score (nSPS) is 14.7. The summed E-state index contributed by atoms with van der Waals surface area (Å²) >= 11 is 0. The Bertz CT molecular complexity index is 448. The van der Waals surface area contributed by atoms with E-state index < -0.39 is 0 Å². The fourth-order valence-corrected chi connectivity index (χ4v) is 2.32. The van der Waals surface area contributed by atoms with Gasteiger partial charge < -0.3 is 20.6 Å². The molecule has 1 saturated heterocycles. The first-order valence-corrected chi connectivity index (χ1v) is 6.72. The first-order chi connectivity index (χ1) is 9.19. The summed E-state index contributed by atoms with van der Waals surface area (Å²) in [6, 6.07) is 5.04. The van der Waals surface area contributed by atoms with Crippen molar-refractivity contribution in [3.8, 4) is 5.75 Å². The van der Waals surface area contributed by atoms with Crippen LogP contribution >= 0.6 is 17.0 Å². The van der Waals surface area contributed by atoms with Crippen LogP contribution in [0.5, 0.6) is 5.75 Å². The zero-order valence-corrected chi connectivity index (χ0v) is 13.4. The number of phenolic OH excluding ortho intramolecular Hbond substituents is 1. The van der Waals surface area contributed by atoms with Crippen molar-refractivity contribution in [3.63, 3.8) is 0 Å². The number of likely N-dealkylation sites (tertiary alicyclic amines) is 1. The van der Waals surface area contributed by atoms with Crippen LogP contribution in [0.25, 0.3) is 0 Å². The topological polar surface area (TPSA) is 64.6 Å². The Morgan fingerprint density at radius 3 is 2.70 bits per heavy atom. The van der Waals surface area contributed by atoms with Crippen LogP contribution in [0, 0.1) is 0 Å². The number of hydrogen-bond donors (Lipinski definition) is 3. The largest absolute Gasteiger partial charge is 0.506 e. The van der Waals surface area contributed by atoms with Gasteiger partial charge in [-0.3, -0.25) is 0 Å². The molecule has 0 aliphatic carbocycles. The first-order valence-electron chi connectivity index (χ1n) is 6.72. The Morgan fingerprint density at radius 1 is 1.35 bits per heavy atom. The Hall–Kier alpha value is -1.27. The van der Waals surface area contributed by atoms with Crippen molar-refractivity contribution >= 4 is 28.7 Å². The number of nitrogens with one attached hydrogen (secondary N) is 2. The standard InChI is InChI=1S/C14H21N3O2.BrH/c1-15-14(19)16-12-10-11(4-5-13(12)18)6-9-17-7-2-3-8-17;/h4-5,10,18H,2-3,6-9H2,1H3,(H2,15,16,19);1H. The Kier molecular flexibility index (Phi) is 6.81. The Balaban J connectivity index is 0.00000200. The molecule has 0 atom stereocenters. The van der Waals surface area contributed by atoms with Gasteiger partial charge in [0.25, 0.3) is 0 Å². The predicted octanol–water partition coefficient (Wildman–Crippen LogP) is 2.36. The van der Waals surface area contributed by atoms with E-state index in [1.807, 2.05) is 12.1 Å². The third-order valence-electron chi connectivity index (χ3n) is 3.45. The molecule has 0 radical (unpaired) electrons. The lowest BCUT2D eigenvalue weighted by molar-refractivity contribution is 0.254. The molecule has 1 aromatic rings. The number of anilines is 1. The highest BCUT2D eigenvalue weighted by Gasteiger charge is 2.12. The van der Waals surface area contributed by atoms with Gasteiger partial charge in [0, 0.05) is 13.6 Å². The summed E-state index contributed by atoms with van der Waals surface area (Å²) in [5.41, 5.74) is 1.58. The van der Waals surface area contributed by atoms with Crippen molar-refractivity contribution in [1.82, 2.24) is 10.2 Å². The summed E-state index contributed by atoms with van der Waals surface area (Å²) in [6.45, 7) is 3.40. The van der Waals surface area contributed by atoms with Crippen LogP contribution in [0.3, 0.4) is 0 Å². The second-order valence-corrected chi connectivity index (χ2v) is 4.85. The second kappa shape index (κ2) is 8.11. The van der Waals surface area contributed by atoms with E-state index in [1.165, 1.54) is 25.9 Å². The molecule has 0 bridgehead atoms. The molecule has 3 N–H and O–H groups in total. The molecular formula is C14H22BrN3O2. The third-order valence-corrected chi connectivity index (χ3v) is 3.45. The van der Waals surface area contributed by atoms with Gasteiger partial charge in [0.05, 0.1) is 5.69 Å². The van der Waals surface area contributed by atoms with Gasteiger partial charge in [-0.2, -0.15) is 0 Å². The average molecular weight is 344 g/mol. The zero-order chi connectivity index (χ0) is 13.7. The third kappa shape index (κ3) is 4.68. The summed E-state index contributed by atoms with van der Waals surface area (Å²) in [5, 5.41) is 14.8. The van der Waals surface area contributed by atoms with Crippen LogP contribution in [0.1, 0.15) is 18.4 Å². The summed E-state index contributed by atoms with van der Waals surface area (Å²) in [7, 11) is 1.55. The minimum Gasteiger partial charge on any atom is -0.506 e. The van der Waals surface area contributed by atoms with Gasteiger partial charge in [0.1, 0.15) is 5.75 Å². The number of carbonyl (C=O) groups excluding carboxylic acids is 1. The maximum Gasteiger partial charge on any atom is 0.319 e. The van der Waals surface area contributed by atoms with Gasteiger partial charge in [0.15, 0.2) is 0 Å². The van der Waals surface area contributed by atoms with Crippen LogP contribution in [0.4, 0.5) is 10.5 Å². The fourth-order valence-electron chi connectivity index (χ4n) is 2.32. The molecule has 0 saturated carbocycles. The highest BCUT2D eigenvalue weighted by atomic mass is 79.9. The molecule has 0 spiro atoms. The quantitative estimate of drug-likeness (QED) is 0.735. The molecule has 6 heteroatoms. The number of aromatic hydroxyl groups is 1. The maximum absolute atomic E-state index is 11.3. The number of benzene rings is 1. The SMILES string of the molecule is Br.CNC(=O)Nc1cc(CCN2CCCC2)ccc1O. The molecule has 2 rings (SSSR count). The Labute approximate surface area is 130 Å². The number of hydrogen-bond acceptors (Lipinski definition) is 3. The molecule has 0 aromatic heterocycles. The molecule has 1 aliphatic heterocycles. The zero-order valence-electron chi connectivity index (χ0n) is 11.7. The molecule has 1 aliphatic rings. The number of phenols is 1. The van der Waals surface area contributed by atoms with Crippen molar-refractivity contribution in [1.29, 1.82) is 0 Å². The molecule has 5 nitrogen and oxygen atoms in total. The predicted molar refractivity (Wildman–Crippen MR) is 85.9 cm³/mol. The van der Waals surface area contributed by atoms with Crippen molar-refractivity contribution in [2.75, 3.05) is 32.0 Å². The van der Waals surface area contributed by atoms with E-state index in [0.717, 1.165) is 18.5 Å². The van der Waals surface area contributed by atoms with Crippen molar-refractivity contribution < 1.29 is 9.90 Å². The van der Waals surface area contributed by atoms with Gasteiger partial charge >= 0.3 is 6.03 Å². The highest BCUT2D eigenvalue weighted by molar-refractivity contribution is 8.93. The molecule has 2 amide bonds. The first kappa shape index (κ1) is 16.8. The number of halogens is 1. The number of urea groups is 1. The molecule has 0 unspecified atom stereocenters. The maximum atomic E-state index is 11.3. The van der Waals surface area contributed by atoms with Crippen LogP contribution in [-0.4, -0.2) is 42.7 Å². The van der Waals surface area contributed by atoms with Crippen molar-refractivity contribution in [3.05, 3.63) is 23.8 Å². The van der Waals surface area contributed by atoms with Crippen LogP contribution < -0.4 is 10.6 Å². The van der Waals surface area contributed by atoms with Gasteiger partial charge in [-0.1, -0.05) is 6.07 Å². The molecule has 112 valence electrons. The molecule has 20 heavy (non-hydrogen) atoms. The van der Waals surface area contributed by atoms with Gasteiger partial charge in [-0.25, -0.2) is 4.79 Å². The highest BCUT2D eigenvalue weighted by Crippen LogP contribution is 2.24. The number of carbonyl (C=O) groups is 1. The van der Waals surface area contributed by atoms with E-state index in [2.05, 4.69) is 15.5 Å². The van der Waals surface area contributed by atoms with E-state index in [4.69, 9.17) is 0 Å². The van der Waals surface area contributed by atoms with Gasteiger partial charge in [-0.15, -0.1) is 17.0 Å². The van der Waals surface area contributed by atoms with Crippen LogP contribution in [0.15, 0.2) is 18.2 Å². The monoisotopic (exact) mass is 343 g/mol. The van der Waals surface area contributed by atoms with Crippen molar-refractivity contribution in [2.45, 2.75) is 19.3 Å². The minimum absolute atomic E-state index is 0. The van der Waals surface area contributed by atoms with Crippen LogP contribution in [-0.2, 0) is 6.42 Å². The fraction of sp³-hybridized carbons (Fsp3) is 0.500. The van der Waals surface area contributed by atoms with E-state index in [0.29, 0.717) is 5.69 Å². The Morgan fingerprint density at radius 2 is 2.05 bits per heavy atom. The van der Waals surface area contributed by atoms with Crippen LogP contribution in [0.2, 0.25) is 0 Å². The number of nitrogens with zero attached hydrogens (tertiary/aromatic N) is 1. The molecule has 1 aromatic carbocycles. The van der Waals surface area contributed by atoms with E-state index >= 15 is 0 Å². The van der Waals surface area contributed by atoms with E-state index in [9.17, 15) is 9.90 Å². The van der Waals surface area contributed by atoms with Gasteiger partial charge in [-0.05, 0) is 50.0 Å². The summed E-state index contributed by atoms with van der Waals surface area (Å²) in [5.74, 6) is 0.0912. The average Bonchev–Trinajstić information content (AvgIpc) is 2.92. The van der Waals surface area contributed by atoms with Gasteiger partial charge in [0.2, 0.25) is 0 Å². The molecule has 1 fully saturated rings. The number of rotatable bonds is 4. The number of amides is 2. The summed E-state index contributed by atoms with van der Waals surface area (Å²) in [4.78, 5) is 13.7. The van der Waals surface area contributed by atoms with E-state index in [1.54, 1.807) is 13.1 Å². The molecule has 1 heterocycles. The lowest BCUT2D eigenvalue weighted by atomic mass is 10.1. The summed E-state index contributed by atoms with van der Waals surface area (Å²) in [6.07, 6.45) is 3.51. The summed E-state index contributed by atoms with van der Waals surface area (Å²) < 4.78 is 0. The van der Waals surface area contributed by atoms with Crippen molar-refractivity contribution in [2.24, 2.45) is 0 Å². The second-order valence-electron chi connectivity index (χ2n) is 4.85. The smallest absolute Gasteiger partial charge is 0.319 e. The minimum atomic E-state index is -0.327. The lowest BCUT2D eigenvalue weighted by Gasteiger charge is -2.15.